The summed E-state index contributed by atoms with van der Waals surface area (Å²) < 4.78 is 0. The number of hydrogen-bond donors (Lipinski definition) is 4. The summed E-state index contributed by atoms with van der Waals surface area (Å²) in [6.45, 7) is 4.04. The van der Waals surface area contributed by atoms with Crippen molar-refractivity contribution >= 4 is 5.91 Å². The van der Waals surface area contributed by atoms with Gasteiger partial charge in [0.05, 0.1) is 18.8 Å². The van der Waals surface area contributed by atoms with Gasteiger partial charge in [-0.15, -0.1) is 0 Å². The molecule has 0 aromatic heterocycles. The molecule has 0 aliphatic heterocycles. The van der Waals surface area contributed by atoms with Crippen LogP contribution in [0.25, 0.3) is 0 Å². The van der Waals surface area contributed by atoms with Crippen LogP contribution in [-0.2, 0) is 4.79 Å². The molecule has 0 saturated heterocycles. The lowest BCUT2D eigenvalue weighted by molar-refractivity contribution is -0.124. The molecule has 50 heavy (non-hydrogen) atoms. The van der Waals surface area contributed by atoms with Crippen LogP contribution in [0.2, 0.25) is 0 Å². The van der Waals surface area contributed by atoms with Crippen LogP contribution >= 0.6 is 0 Å². The molecule has 0 bridgehead atoms. The van der Waals surface area contributed by atoms with Gasteiger partial charge in [-0.05, 0) is 44.9 Å². The third-order valence-corrected chi connectivity index (χ3v) is 10.3. The molecule has 0 aliphatic rings. The van der Waals surface area contributed by atoms with E-state index >= 15 is 0 Å². The largest absolute Gasteiger partial charge is 0.394 e. The van der Waals surface area contributed by atoms with Gasteiger partial charge in [0.15, 0.2) is 0 Å². The van der Waals surface area contributed by atoms with Gasteiger partial charge in [-0.3, -0.25) is 4.79 Å². The number of allylic oxidation sites excluding steroid dienone is 4. The first-order chi connectivity index (χ1) is 24.6. The summed E-state index contributed by atoms with van der Waals surface area (Å²) >= 11 is 0. The van der Waals surface area contributed by atoms with Gasteiger partial charge in [0.25, 0.3) is 0 Å². The van der Waals surface area contributed by atoms with Crippen LogP contribution in [0.1, 0.15) is 232 Å². The Bertz CT molecular complexity index is 739. The van der Waals surface area contributed by atoms with Crippen molar-refractivity contribution < 1.29 is 20.1 Å². The molecule has 5 heteroatoms. The van der Waals surface area contributed by atoms with Crippen molar-refractivity contribution in [3.8, 4) is 0 Å². The zero-order valence-electron chi connectivity index (χ0n) is 33.5. The van der Waals surface area contributed by atoms with E-state index in [0.717, 1.165) is 51.4 Å². The van der Waals surface area contributed by atoms with Crippen LogP contribution < -0.4 is 5.32 Å². The molecule has 4 N–H and O–H groups in total. The van der Waals surface area contributed by atoms with E-state index in [9.17, 15) is 20.1 Å². The summed E-state index contributed by atoms with van der Waals surface area (Å²) in [7, 11) is 0. The summed E-state index contributed by atoms with van der Waals surface area (Å²) in [6, 6.07) is -0.827. The number of amides is 1. The van der Waals surface area contributed by atoms with Gasteiger partial charge in [0, 0.05) is 6.42 Å². The molecule has 5 nitrogen and oxygen atoms in total. The van der Waals surface area contributed by atoms with Gasteiger partial charge in [0.1, 0.15) is 6.10 Å². The highest BCUT2D eigenvalue weighted by molar-refractivity contribution is 5.76. The molecule has 3 unspecified atom stereocenters. The van der Waals surface area contributed by atoms with Crippen molar-refractivity contribution in [3.05, 3.63) is 24.3 Å². The van der Waals surface area contributed by atoms with Crippen molar-refractivity contribution in [2.75, 3.05) is 6.61 Å². The second-order valence-electron chi connectivity index (χ2n) is 15.2. The maximum Gasteiger partial charge on any atom is 0.220 e. The maximum atomic E-state index is 12.4. The van der Waals surface area contributed by atoms with Crippen molar-refractivity contribution in [2.45, 2.75) is 250 Å². The fourth-order valence-corrected chi connectivity index (χ4v) is 6.89. The number of carbonyl (C=O) groups excluding carboxylic acids is 1. The average Bonchev–Trinajstić information content (AvgIpc) is 3.12. The predicted octanol–water partition coefficient (Wildman–Crippen LogP) is 12.6. The predicted molar refractivity (Wildman–Crippen MR) is 218 cm³/mol. The highest BCUT2D eigenvalue weighted by atomic mass is 16.3. The molecule has 0 spiro atoms. The van der Waals surface area contributed by atoms with E-state index in [1.807, 2.05) is 0 Å². The first-order valence-electron chi connectivity index (χ1n) is 22.1. The minimum absolute atomic E-state index is 0.157. The number of rotatable bonds is 40. The Kier molecular flexibility index (Phi) is 39.6. The second kappa shape index (κ2) is 40.6. The Morgan fingerprint density at radius 2 is 0.860 bits per heavy atom. The maximum absolute atomic E-state index is 12.4. The van der Waals surface area contributed by atoms with Gasteiger partial charge in [-0.25, -0.2) is 0 Å². The molecule has 0 heterocycles. The molecule has 0 radical (unpaired) electrons. The number of nitrogens with one attached hydrogen (secondary N) is 1. The molecule has 296 valence electrons. The van der Waals surface area contributed by atoms with E-state index in [-0.39, 0.29) is 12.5 Å². The molecular weight excluding hydrogens is 618 g/mol. The number of hydrogen-bond acceptors (Lipinski definition) is 4. The lowest BCUT2D eigenvalue weighted by Crippen LogP contribution is -2.50. The third kappa shape index (κ3) is 35.2. The van der Waals surface area contributed by atoms with Crippen LogP contribution in [0.4, 0.5) is 0 Å². The highest BCUT2D eigenvalue weighted by Gasteiger charge is 2.26. The van der Waals surface area contributed by atoms with E-state index < -0.39 is 18.2 Å². The first kappa shape index (κ1) is 48.8. The van der Waals surface area contributed by atoms with Crippen molar-refractivity contribution in [1.29, 1.82) is 0 Å². The van der Waals surface area contributed by atoms with Crippen molar-refractivity contribution in [3.63, 3.8) is 0 Å². The van der Waals surface area contributed by atoms with Crippen LogP contribution in [0.15, 0.2) is 24.3 Å². The van der Waals surface area contributed by atoms with Gasteiger partial charge in [0.2, 0.25) is 5.91 Å². The number of unbranched alkanes of at least 4 members (excludes halogenated alkanes) is 28. The molecule has 0 fully saturated rings. The van der Waals surface area contributed by atoms with Gasteiger partial charge in [-0.1, -0.05) is 205 Å². The molecule has 0 rings (SSSR count). The Balaban J connectivity index is 3.49. The molecule has 0 aliphatic carbocycles. The summed E-state index contributed by atoms with van der Waals surface area (Å²) in [5, 5.41) is 33.3. The van der Waals surface area contributed by atoms with Gasteiger partial charge >= 0.3 is 0 Å². The molecule has 0 saturated carbocycles. The van der Waals surface area contributed by atoms with Crippen molar-refractivity contribution in [1.82, 2.24) is 5.32 Å². The summed E-state index contributed by atoms with van der Waals surface area (Å²) in [5.74, 6) is -0.157. The molecular formula is C45H87NO4. The Labute approximate surface area is 312 Å². The molecule has 0 aromatic carbocycles. The second-order valence-corrected chi connectivity index (χ2v) is 15.2. The Morgan fingerprint density at radius 1 is 0.500 bits per heavy atom. The van der Waals surface area contributed by atoms with Gasteiger partial charge in [-0.2, -0.15) is 0 Å². The normalized spacial score (nSPS) is 13.8. The smallest absolute Gasteiger partial charge is 0.220 e. The molecule has 0 aromatic rings. The van der Waals surface area contributed by atoms with Gasteiger partial charge < -0.3 is 20.6 Å². The SMILES string of the molecule is CC/C=C/CC/C=C/CCCC(O)C(O)C(CO)NC(=O)CCCCCCCCCCCCCCCCCCCCCCCCCCCCC. The van der Waals surface area contributed by atoms with E-state index in [2.05, 4.69) is 43.5 Å². The zero-order chi connectivity index (χ0) is 36.6. The molecule has 1 amide bonds. The van der Waals surface area contributed by atoms with Crippen molar-refractivity contribution in [2.24, 2.45) is 0 Å². The fraction of sp³-hybridized carbons (Fsp3) is 0.889. The lowest BCUT2D eigenvalue weighted by Gasteiger charge is -2.26. The minimum Gasteiger partial charge on any atom is -0.394 e. The monoisotopic (exact) mass is 706 g/mol. The Hall–Kier alpha value is -1.17. The highest BCUT2D eigenvalue weighted by Crippen LogP contribution is 2.17. The van der Waals surface area contributed by atoms with E-state index in [0.29, 0.717) is 12.8 Å². The third-order valence-electron chi connectivity index (χ3n) is 10.3. The van der Waals surface area contributed by atoms with Crippen LogP contribution in [0, 0.1) is 0 Å². The number of aliphatic hydroxyl groups excluding tert-OH is 3. The standard InChI is InChI=1S/C45H87NO4/c1-3-5-7-9-11-13-14-15-16-17-18-19-20-21-22-23-24-25-26-27-28-29-30-32-34-36-38-40-44(49)46-42(41-47)45(50)43(48)39-37-35-33-31-12-10-8-6-4-2/h6,8,31,33,42-43,45,47-48,50H,3-5,7,9-30,32,34-41H2,1-2H3,(H,46,49)/b8-6+,33-31+. The first-order valence-corrected chi connectivity index (χ1v) is 22.1. The Morgan fingerprint density at radius 3 is 1.24 bits per heavy atom. The average molecular weight is 706 g/mol. The van der Waals surface area contributed by atoms with E-state index in [1.54, 1.807) is 0 Å². The summed E-state index contributed by atoms with van der Waals surface area (Å²) in [5.41, 5.74) is 0. The van der Waals surface area contributed by atoms with Crippen LogP contribution in [-0.4, -0.2) is 46.1 Å². The quantitative estimate of drug-likeness (QED) is 0.0377. The zero-order valence-corrected chi connectivity index (χ0v) is 33.5. The van der Waals surface area contributed by atoms with Crippen LogP contribution in [0.5, 0.6) is 0 Å². The van der Waals surface area contributed by atoms with E-state index in [4.69, 9.17) is 0 Å². The summed E-state index contributed by atoms with van der Waals surface area (Å²) in [4.78, 5) is 12.4. The fourth-order valence-electron chi connectivity index (χ4n) is 6.89. The number of carbonyl (C=O) groups is 1. The topological polar surface area (TPSA) is 89.8 Å². The van der Waals surface area contributed by atoms with Crippen LogP contribution in [0.3, 0.4) is 0 Å². The molecule has 3 atom stereocenters. The van der Waals surface area contributed by atoms with E-state index in [1.165, 1.54) is 154 Å². The summed E-state index contributed by atoms with van der Waals surface area (Å²) in [6.07, 6.45) is 49.0. The number of aliphatic hydroxyl groups is 3. The minimum atomic E-state index is -1.16. The lowest BCUT2D eigenvalue weighted by atomic mass is 10.0.